The molecule has 0 aliphatic carbocycles. The van der Waals surface area contributed by atoms with Crippen LogP contribution in [0, 0.1) is 0 Å². The fourth-order valence-electron chi connectivity index (χ4n) is 6.19. The molecule has 3 aliphatic heterocycles. The number of morpholine rings is 1. The highest BCUT2D eigenvalue weighted by Gasteiger charge is 2.48. The lowest BCUT2D eigenvalue weighted by Crippen LogP contribution is -2.63. The van der Waals surface area contributed by atoms with Crippen molar-refractivity contribution in [2.24, 2.45) is 0 Å². The maximum Gasteiger partial charge on any atom is 0.246 e. The lowest BCUT2D eigenvalue weighted by Gasteiger charge is -2.47. The lowest BCUT2D eigenvalue weighted by atomic mass is 9.86. The van der Waals surface area contributed by atoms with Crippen molar-refractivity contribution in [1.29, 1.82) is 0 Å². The SMILES string of the molecule is COc1ccc(C2c3[nH]c4ccccc4c3CC3C(=O)N(CCCN4CCOCC4)CC(=O)N32)cc1OC. The number of amides is 2. The van der Waals surface area contributed by atoms with Crippen molar-refractivity contribution < 1.29 is 23.8 Å². The Morgan fingerprint density at radius 3 is 2.58 bits per heavy atom. The number of ether oxygens (including phenoxy) is 3. The molecule has 1 aromatic heterocycles. The third kappa shape index (κ3) is 4.29. The van der Waals surface area contributed by atoms with Gasteiger partial charge in [0.1, 0.15) is 6.04 Å². The molecule has 200 valence electrons. The maximum absolute atomic E-state index is 13.9. The topological polar surface area (TPSA) is 87.3 Å². The van der Waals surface area contributed by atoms with E-state index in [-0.39, 0.29) is 18.4 Å². The van der Waals surface area contributed by atoms with Crippen molar-refractivity contribution in [3.63, 3.8) is 0 Å². The first-order chi connectivity index (χ1) is 18.6. The highest BCUT2D eigenvalue weighted by Crippen LogP contribution is 2.44. The highest BCUT2D eigenvalue weighted by atomic mass is 16.5. The second kappa shape index (κ2) is 10.3. The summed E-state index contributed by atoms with van der Waals surface area (Å²) in [4.78, 5) is 37.2. The number of hydrogen-bond acceptors (Lipinski definition) is 6. The van der Waals surface area contributed by atoms with Gasteiger partial charge >= 0.3 is 0 Å². The minimum Gasteiger partial charge on any atom is -0.493 e. The Labute approximate surface area is 222 Å². The molecular weight excluding hydrogens is 484 g/mol. The summed E-state index contributed by atoms with van der Waals surface area (Å²) in [6, 6.07) is 12.9. The van der Waals surface area contributed by atoms with Gasteiger partial charge in [0.05, 0.1) is 40.0 Å². The predicted molar refractivity (Wildman–Crippen MR) is 142 cm³/mol. The van der Waals surface area contributed by atoms with Gasteiger partial charge in [-0.25, -0.2) is 0 Å². The number of H-pyrrole nitrogens is 1. The summed E-state index contributed by atoms with van der Waals surface area (Å²) in [6.45, 7) is 4.91. The summed E-state index contributed by atoms with van der Waals surface area (Å²) in [7, 11) is 3.20. The molecule has 0 spiro atoms. The van der Waals surface area contributed by atoms with E-state index in [1.807, 2.05) is 36.4 Å². The fourth-order valence-corrected chi connectivity index (χ4v) is 6.19. The Bertz CT molecular complexity index is 1350. The van der Waals surface area contributed by atoms with Crippen molar-refractivity contribution in [1.82, 2.24) is 19.7 Å². The molecule has 2 saturated heterocycles. The highest BCUT2D eigenvalue weighted by molar-refractivity contribution is 5.97. The number of para-hydroxylation sites is 1. The molecule has 2 aromatic carbocycles. The van der Waals surface area contributed by atoms with Gasteiger partial charge in [0.15, 0.2) is 11.5 Å². The van der Waals surface area contributed by atoms with Crippen LogP contribution in [0.25, 0.3) is 10.9 Å². The molecule has 0 radical (unpaired) electrons. The van der Waals surface area contributed by atoms with E-state index in [1.165, 1.54) is 0 Å². The summed E-state index contributed by atoms with van der Waals surface area (Å²) in [5.41, 5.74) is 3.93. The van der Waals surface area contributed by atoms with Crippen LogP contribution in [0.3, 0.4) is 0 Å². The summed E-state index contributed by atoms with van der Waals surface area (Å²) in [6.07, 6.45) is 1.33. The van der Waals surface area contributed by atoms with E-state index in [4.69, 9.17) is 14.2 Å². The standard InChI is InChI=1S/C29H34N4O5/c1-36-24-9-8-19(16-25(24)37-2)28-27-21(20-6-3-4-7-22(20)30-27)17-23-29(35)32(18-26(34)33(23)28)11-5-10-31-12-14-38-15-13-31/h3-4,6-9,16,23,28,30H,5,10-15,17-18H2,1-2H3. The van der Waals surface area contributed by atoms with Gasteiger partial charge in [-0.2, -0.15) is 0 Å². The van der Waals surface area contributed by atoms with Gasteiger partial charge in [-0.05, 0) is 35.7 Å². The second-order valence-electron chi connectivity index (χ2n) is 10.2. The molecule has 0 saturated carbocycles. The Kier molecular flexibility index (Phi) is 6.71. The third-order valence-electron chi connectivity index (χ3n) is 8.07. The lowest BCUT2D eigenvalue weighted by molar-refractivity contribution is -0.158. The van der Waals surface area contributed by atoms with Gasteiger partial charge in [0.25, 0.3) is 0 Å². The van der Waals surface area contributed by atoms with E-state index in [2.05, 4.69) is 16.0 Å². The average Bonchev–Trinajstić information content (AvgIpc) is 3.33. The number of aromatic amines is 1. The minimum atomic E-state index is -0.551. The number of methoxy groups -OCH3 is 2. The van der Waals surface area contributed by atoms with Gasteiger partial charge in [0.2, 0.25) is 11.8 Å². The summed E-state index contributed by atoms with van der Waals surface area (Å²) in [5, 5.41) is 1.09. The fraction of sp³-hybridized carbons (Fsp3) is 0.448. The quantitative estimate of drug-likeness (QED) is 0.518. The molecule has 3 aromatic rings. The Balaban J connectivity index is 1.34. The summed E-state index contributed by atoms with van der Waals surface area (Å²) >= 11 is 0. The molecule has 9 heteroatoms. The molecule has 4 heterocycles. The van der Waals surface area contributed by atoms with Crippen LogP contribution < -0.4 is 9.47 Å². The van der Waals surface area contributed by atoms with Crippen LogP contribution in [0.4, 0.5) is 0 Å². The number of aromatic nitrogens is 1. The molecule has 2 fully saturated rings. The van der Waals surface area contributed by atoms with Crippen LogP contribution in [0.5, 0.6) is 11.5 Å². The van der Waals surface area contributed by atoms with Gasteiger partial charge < -0.3 is 29.0 Å². The third-order valence-corrected chi connectivity index (χ3v) is 8.07. The van der Waals surface area contributed by atoms with Crippen LogP contribution in [-0.4, -0.2) is 97.7 Å². The van der Waals surface area contributed by atoms with Crippen LogP contribution in [-0.2, 0) is 20.7 Å². The molecule has 3 aliphatic rings. The maximum atomic E-state index is 13.9. The molecular formula is C29H34N4O5. The molecule has 2 amide bonds. The molecule has 38 heavy (non-hydrogen) atoms. The van der Waals surface area contributed by atoms with Crippen molar-refractivity contribution in [3.8, 4) is 11.5 Å². The Hall–Kier alpha value is -3.56. The zero-order valence-electron chi connectivity index (χ0n) is 21.9. The van der Waals surface area contributed by atoms with E-state index in [0.29, 0.717) is 24.5 Å². The zero-order chi connectivity index (χ0) is 26.2. The van der Waals surface area contributed by atoms with Gasteiger partial charge in [-0.15, -0.1) is 0 Å². The Morgan fingerprint density at radius 2 is 1.79 bits per heavy atom. The molecule has 2 unspecified atom stereocenters. The number of fused-ring (bicyclic) bond motifs is 4. The van der Waals surface area contributed by atoms with E-state index in [1.54, 1.807) is 24.0 Å². The second-order valence-corrected chi connectivity index (χ2v) is 10.2. The molecule has 6 rings (SSSR count). The van der Waals surface area contributed by atoms with Gasteiger partial charge in [0, 0.05) is 49.2 Å². The van der Waals surface area contributed by atoms with Crippen LogP contribution >= 0.6 is 0 Å². The Morgan fingerprint density at radius 1 is 1.00 bits per heavy atom. The summed E-state index contributed by atoms with van der Waals surface area (Å²) < 4.78 is 16.5. The monoisotopic (exact) mass is 518 g/mol. The van der Waals surface area contributed by atoms with Crippen LogP contribution in [0.15, 0.2) is 42.5 Å². The van der Waals surface area contributed by atoms with E-state index < -0.39 is 12.1 Å². The number of piperazine rings is 1. The summed E-state index contributed by atoms with van der Waals surface area (Å²) in [5.74, 6) is 1.19. The molecule has 9 nitrogen and oxygen atoms in total. The van der Waals surface area contributed by atoms with Crippen LogP contribution in [0.1, 0.15) is 29.3 Å². The minimum absolute atomic E-state index is 0.0213. The number of hydrogen-bond donors (Lipinski definition) is 1. The zero-order valence-corrected chi connectivity index (χ0v) is 21.9. The van der Waals surface area contributed by atoms with Gasteiger partial charge in [-0.3, -0.25) is 14.5 Å². The van der Waals surface area contributed by atoms with Crippen LogP contribution in [0.2, 0.25) is 0 Å². The number of nitrogens with one attached hydrogen (secondary N) is 1. The number of benzene rings is 2. The smallest absolute Gasteiger partial charge is 0.246 e. The van der Waals surface area contributed by atoms with Crippen molar-refractivity contribution in [2.45, 2.75) is 24.9 Å². The first kappa shape index (κ1) is 24.8. The first-order valence-corrected chi connectivity index (χ1v) is 13.3. The average molecular weight is 519 g/mol. The number of rotatable bonds is 7. The van der Waals surface area contributed by atoms with Crippen molar-refractivity contribution >= 4 is 22.7 Å². The van der Waals surface area contributed by atoms with E-state index in [0.717, 1.165) is 67.0 Å². The van der Waals surface area contributed by atoms with E-state index >= 15 is 0 Å². The normalized spacial score (nSPS) is 21.9. The van der Waals surface area contributed by atoms with Crippen molar-refractivity contribution in [2.75, 3.05) is 60.2 Å². The molecule has 1 N–H and O–H groups in total. The first-order valence-electron chi connectivity index (χ1n) is 13.3. The number of carbonyl (C=O) groups excluding carboxylic acids is 2. The molecule has 2 atom stereocenters. The predicted octanol–water partition coefficient (Wildman–Crippen LogP) is 2.59. The van der Waals surface area contributed by atoms with E-state index in [9.17, 15) is 9.59 Å². The number of nitrogens with zero attached hydrogens (tertiary/aromatic N) is 3. The number of carbonyl (C=O) groups is 2. The van der Waals surface area contributed by atoms with Crippen molar-refractivity contribution in [3.05, 3.63) is 59.3 Å². The largest absolute Gasteiger partial charge is 0.493 e. The van der Waals surface area contributed by atoms with Gasteiger partial charge in [-0.1, -0.05) is 24.3 Å². The molecule has 0 bridgehead atoms.